The van der Waals surface area contributed by atoms with E-state index in [1.165, 1.54) is 37.9 Å². The van der Waals surface area contributed by atoms with E-state index in [9.17, 15) is 5.11 Å². The molecule has 2 saturated carbocycles. The summed E-state index contributed by atoms with van der Waals surface area (Å²) in [5.74, 6) is 4.90. The minimum Gasteiger partial charge on any atom is -0.494 e. The van der Waals surface area contributed by atoms with Crippen LogP contribution in [-0.4, -0.2) is 17.3 Å². The average molecular weight is 316 g/mol. The Bertz CT molecular complexity index is 480. The zero-order chi connectivity index (χ0) is 15.8. The molecule has 0 aromatic carbocycles. The minimum absolute atomic E-state index is 0.151. The fourth-order valence-electron chi connectivity index (χ4n) is 6.07. The van der Waals surface area contributed by atoms with E-state index in [2.05, 4.69) is 25.2 Å². The summed E-state index contributed by atoms with van der Waals surface area (Å²) < 4.78 is 6.40. The minimum atomic E-state index is -0.151. The van der Waals surface area contributed by atoms with Gasteiger partial charge in [0.05, 0.1) is 11.9 Å². The Morgan fingerprint density at radius 3 is 2.87 bits per heavy atom. The molecule has 7 atom stereocenters. The highest BCUT2D eigenvalue weighted by atomic mass is 16.5. The van der Waals surface area contributed by atoms with Crippen molar-refractivity contribution < 1.29 is 9.84 Å². The van der Waals surface area contributed by atoms with E-state index >= 15 is 0 Å². The number of rotatable bonds is 2. The van der Waals surface area contributed by atoms with Crippen LogP contribution in [0.5, 0.6) is 0 Å². The van der Waals surface area contributed by atoms with Crippen LogP contribution < -0.4 is 0 Å². The molecule has 0 spiro atoms. The van der Waals surface area contributed by atoms with Crippen molar-refractivity contribution in [3.8, 4) is 0 Å². The van der Waals surface area contributed by atoms with E-state index in [1.54, 1.807) is 0 Å². The topological polar surface area (TPSA) is 29.5 Å². The lowest BCUT2D eigenvalue weighted by Gasteiger charge is -2.52. The fraction of sp³-hybridized carbons (Fsp3) is 0.810. The number of hydrogen-bond donors (Lipinski definition) is 1. The molecule has 3 fully saturated rings. The van der Waals surface area contributed by atoms with Gasteiger partial charge in [0.1, 0.15) is 6.10 Å². The van der Waals surface area contributed by atoms with E-state index in [-0.39, 0.29) is 12.2 Å². The van der Waals surface area contributed by atoms with Gasteiger partial charge in [0, 0.05) is 18.3 Å². The van der Waals surface area contributed by atoms with Gasteiger partial charge in [0.2, 0.25) is 0 Å². The lowest BCUT2D eigenvalue weighted by atomic mass is 9.58. The van der Waals surface area contributed by atoms with Gasteiger partial charge in [-0.25, -0.2) is 0 Å². The molecule has 1 heterocycles. The van der Waals surface area contributed by atoms with Crippen LogP contribution in [0.3, 0.4) is 0 Å². The summed E-state index contributed by atoms with van der Waals surface area (Å²) in [6, 6.07) is 0. The predicted octanol–water partition coefficient (Wildman–Crippen LogP) is 4.84. The van der Waals surface area contributed by atoms with Gasteiger partial charge in [0.25, 0.3) is 0 Å². The first kappa shape index (κ1) is 15.7. The van der Waals surface area contributed by atoms with Crippen LogP contribution in [0.25, 0.3) is 0 Å². The first-order valence-corrected chi connectivity index (χ1v) is 9.99. The van der Waals surface area contributed by atoms with Crippen molar-refractivity contribution in [1.29, 1.82) is 0 Å². The number of fused-ring (bicyclic) bond motifs is 2. The van der Waals surface area contributed by atoms with Crippen molar-refractivity contribution in [2.24, 2.45) is 29.6 Å². The molecule has 1 saturated heterocycles. The monoisotopic (exact) mass is 316 g/mol. The van der Waals surface area contributed by atoms with Crippen LogP contribution in [0.2, 0.25) is 0 Å². The molecule has 7 unspecified atom stereocenters. The van der Waals surface area contributed by atoms with Gasteiger partial charge in [0.15, 0.2) is 0 Å². The molecule has 1 N–H and O–H groups in total. The van der Waals surface area contributed by atoms with Gasteiger partial charge < -0.3 is 9.84 Å². The number of hydrogen-bond acceptors (Lipinski definition) is 2. The third-order valence-electron chi connectivity index (χ3n) is 7.13. The maximum absolute atomic E-state index is 10.1. The maximum atomic E-state index is 10.1. The molecule has 2 heteroatoms. The second-order valence-electron chi connectivity index (χ2n) is 8.28. The van der Waals surface area contributed by atoms with Crippen molar-refractivity contribution in [3.63, 3.8) is 0 Å². The summed E-state index contributed by atoms with van der Waals surface area (Å²) >= 11 is 0. The second kappa shape index (κ2) is 6.63. The third-order valence-corrected chi connectivity index (χ3v) is 7.13. The van der Waals surface area contributed by atoms with E-state index in [0.717, 1.165) is 43.4 Å². The molecule has 4 aliphatic rings. The predicted molar refractivity (Wildman–Crippen MR) is 92.8 cm³/mol. The fourth-order valence-corrected chi connectivity index (χ4v) is 6.07. The normalized spacial score (nSPS) is 46.3. The summed E-state index contributed by atoms with van der Waals surface area (Å²) in [5, 5.41) is 10.1. The van der Waals surface area contributed by atoms with E-state index < -0.39 is 0 Å². The van der Waals surface area contributed by atoms with Crippen LogP contribution in [0.1, 0.15) is 64.7 Å². The maximum Gasteiger partial charge on any atom is 0.104 e. The van der Waals surface area contributed by atoms with Gasteiger partial charge >= 0.3 is 0 Å². The molecular formula is C21H32O2. The van der Waals surface area contributed by atoms with Crippen LogP contribution >= 0.6 is 0 Å². The lowest BCUT2D eigenvalue weighted by Crippen LogP contribution is -2.49. The number of ether oxygens (including phenoxy) is 1. The Kier molecular flexibility index (Phi) is 4.54. The Labute approximate surface area is 141 Å². The highest BCUT2D eigenvalue weighted by Crippen LogP contribution is 2.53. The molecular weight excluding hydrogens is 284 g/mol. The summed E-state index contributed by atoms with van der Waals surface area (Å²) in [4.78, 5) is 0. The van der Waals surface area contributed by atoms with Crippen LogP contribution in [0, 0.1) is 29.6 Å². The molecule has 0 amide bonds. The molecule has 0 bridgehead atoms. The standard InChI is InChI=1S/C21H32O2/c1-2-14-7-3-4-8-16(14)21-17-9-5-6-10-19(17)23-20-13-15(22)11-12-18(20)21/h5,9-10,14-18,20-22H,2-4,6-8,11-13H2,1H3. The molecule has 0 aromatic rings. The molecule has 0 aromatic heterocycles. The third kappa shape index (κ3) is 2.88. The van der Waals surface area contributed by atoms with Crippen LogP contribution in [-0.2, 0) is 4.74 Å². The summed E-state index contributed by atoms with van der Waals surface area (Å²) in [7, 11) is 0. The Balaban J connectivity index is 1.66. The number of allylic oxidation sites excluding steroid dienone is 3. The Morgan fingerprint density at radius 1 is 1.13 bits per heavy atom. The van der Waals surface area contributed by atoms with Crippen molar-refractivity contribution in [2.75, 3.05) is 0 Å². The number of aliphatic hydroxyl groups is 1. The zero-order valence-corrected chi connectivity index (χ0v) is 14.5. The van der Waals surface area contributed by atoms with Gasteiger partial charge in [-0.15, -0.1) is 0 Å². The highest BCUT2D eigenvalue weighted by Gasteiger charge is 2.49. The molecule has 1 aliphatic heterocycles. The Hall–Kier alpha value is -0.760. The molecule has 4 rings (SSSR count). The summed E-state index contributed by atoms with van der Waals surface area (Å²) in [5.41, 5.74) is 0. The molecule has 3 aliphatic carbocycles. The van der Waals surface area contributed by atoms with Gasteiger partial charge in [-0.2, -0.15) is 0 Å². The van der Waals surface area contributed by atoms with Crippen LogP contribution in [0.15, 0.2) is 24.0 Å². The van der Waals surface area contributed by atoms with Gasteiger partial charge in [-0.05, 0) is 49.5 Å². The zero-order valence-electron chi connectivity index (χ0n) is 14.5. The molecule has 2 nitrogen and oxygen atoms in total. The smallest absolute Gasteiger partial charge is 0.104 e. The SMILES string of the molecule is CCC1CCCCC1C1C2C=CCC=C2OC2CC(O)CCC21. The van der Waals surface area contributed by atoms with E-state index in [4.69, 9.17) is 4.74 Å². The molecule has 128 valence electrons. The van der Waals surface area contributed by atoms with E-state index in [0.29, 0.717) is 11.8 Å². The Morgan fingerprint density at radius 2 is 2.00 bits per heavy atom. The quantitative estimate of drug-likeness (QED) is 0.739. The van der Waals surface area contributed by atoms with Gasteiger partial charge in [-0.3, -0.25) is 0 Å². The van der Waals surface area contributed by atoms with Gasteiger partial charge in [-0.1, -0.05) is 44.8 Å². The molecule has 0 radical (unpaired) electrons. The van der Waals surface area contributed by atoms with Crippen LogP contribution in [0.4, 0.5) is 0 Å². The highest BCUT2D eigenvalue weighted by molar-refractivity contribution is 5.21. The lowest BCUT2D eigenvalue weighted by molar-refractivity contribution is -0.107. The first-order chi connectivity index (χ1) is 11.3. The second-order valence-corrected chi connectivity index (χ2v) is 8.28. The molecule has 23 heavy (non-hydrogen) atoms. The first-order valence-electron chi connectivity index (χ1n) is 9.99. The van der Waals surface area contributed by atoms with E-state index in [1.807, 2.05) is 0 Å². The van der Waals surface area contributed by atoms with Crippen molar-refractivity contribution >= 4 is 0 Å². The van der Waals surface area contributed by atoms with Crippen molar-refractivity contribution in [3.05, 3.63) is 24.0 Å². The summed E-state index contributed by atoms with van der Waals surface area (Å²) in [6.07, 6.45) is 18.2. The van der Waals surface area contributed by atoms with Crippen molar-refractivity contribution in [2.45, 2.75) is 76.9 Å². The van der Waals surface area contributed by atoms with Crippen molar-refractivity contribution in [1.82, 2.24) is 0 Å². The number of aliphatic hydroxyl groups excluding tert-OH is 1. The average Bonchev–Trinajstić information content (AvgIpc) is 2.59. The largest absolute Gasteiger partial charge is 0.494 e. The summed E-state index contributed by atoms with van der Waals surface area (Å²) in [6.45, 7) is 2.39.